The maximum absolute atomic E-state index is 12.4. The quantitative estimate of drug-likeness (QED) is 0.557. The summed E-state index contributed by atoms with van der Waals surface area (Å²) in [6, 6.07) is 11.9. The van der Waals surface area contributed by atoms with Crippen molar-refractivity contribution in [1.82, 2.24) is 0 Å². The van der Waals surface area contributed by atoms with Gasteiger partial charge in [0, 0.05) is 28.2 Å². The third-order valence-corrected chi connectivity index (χ3v) is 3.52. The van der Waals surface area contributed by atoms with Crippen LogP contribution in [0.2, 0.25) is 5.02 Å². The van der Waals surface area contributed by atoms with Crippen LogP contribution in [-0.2, 0) is 0 Å². The molecule has 24 heavy (non-hydrogen) atoms. The first-order valence-corrected chi connectivity index (χ1v) is 7.15. The fraction of sp³-hybridized carbons (Fsp3) is 0. The highest BCUT2D eigenvalue weighted by atomic mass is 35.5. The number of anilines is 1. The second-order valence-corrected chi connectivity index (χ2v) is 5.37. The van der Waals surface area contributed by atoms with Gasteiger partial charge in [0.15, 0.2) is 0 Å². The smallest absolute Gasteiger partial charge is 0.271 e. The van der Waals surface area contributed by atoms with Gasteiger partial charge >= 0.3 is 0 Å². The number of nitrogens with zero attached hydrogens (tertiary/aromatic N) is 1. The molecule has 0 atom stereocenters. The van der Waals surface area contributed by atoms with Gasteiger partial charge in [0.2, 0.25) is 5.55 Å². The molecule has 0 saturated carbocycles. The number of rotatable bonds is 3. The minimum atomic E-state index is -0.605. The van der Waals surface area contributed by atoms with Gasteiger partial charge in [0.05, 0.1) is 4.92 Å². The van der Waals surface area contributed by atoms with Crippen molar-refractivity contribution in [1.29, 1.82) is 5.41 Å². The Morgan fingerprint density at radius 1 is 1.21 bits per heavy atom. The van der Waals surface area contributed by atoms with Crippen molar-refractivity contribution in [3.8, 4) is 0 Å². The van der Waals surface area contributed by atoms with Gasteiger partial charge < -0.3 is 9.73 Å². The number of halogens is 1. The first kappa shape index (κ1) is 15.7. The highest BCUT2D eigenvalue weighted by Gasteiger charge is 2.14. The lowest BCUT2D eigenvalue weighted by Gasteiger charge is -2.06. The number of non-ortho nitro benzene ring substituents is 1. The minimum absolute atomic E-state index is 0.00345. The van der Waals surface area contributed by atoms with Crippen LogP contribution < -0.4 is 10.9 Å². The highest BCUT2D eigenvalue weighted by Crippen LogP contribution is 2.20. The zero-order valence-corrected chi connectivity index (χ0v) is 12.8. The van der Waals surface area contributed by atoms with E-state index in [4.69, 9.17) is 21.4 Å². The van der Waals surface area contributed by atoms with Crippen LogP contribution in [-0.4, -0.2) is 10.8 Å². The highest BCUT2D eigenvalue weighted by molar-refractivity contribution is 6.31. The number of hydrogen-bond donors (Lipinski definition) is 2. The van der Waals surface area contributed by atoms with E-state index >= 15 is 0 Å². The van der Waals surface area contributed by atoms with Crippen LogP contribution in [0.4, 0.5) is 11.4 Å². The maximum atomic E-state index is 12.4. The third kappa shape index (κ3) is 3.11. The van der Waals surface area contributed by atoms with E-state index in [0.717, 1.165) is 0 Å². The zero-order valence-electron chi connectivity index (χ0n) is 12.1. The zero-order chi connectivity index (χ0) is 17.3. The second-order valence-electron chi connectivity index (χ2n) is 4.93. The van der Waals surface area contributed by atoms with Gasteiger partial charge in [-0.05, 0) is 30.3 Å². The number of carbonyl (C=O) groups is 1. The average molecular weight is 344 g/mol. The number of amides is 1. The summed E-state index contributed by atoms with van der Waals surface area (Å²) >= 11 is 5.91. The Bertz CT molecular complexity index is 1030. The molecule has 2 aromatic carbocycles. The summed E-state index contributed by atoms with van der Waals surface area (Å²) in [5, 5.41) is 22.2. The van der Waals surface area contributed by atoms with Gasteiger partial charge in [-0.1, -0.05) is 17.7 Å². The molecule has 1 heterocycles. The van der Waals surface area contributed by atoms with Crippen LogP contribution in [0.5, 0.6) is 0 Å². The number of fused-ring (bicyclic) bond motifs is 1. The SMILES string of the molecule is N=c1oc2ccc(Cl)cc2cc1C(=O)Nc1cccc([N+](=O)[O-])c1. The van der Waals surface area contributed by atoms with E-state index in [-0.39, 0.29) is 22.5 Å². The molecule has 0 saturated heterocycles. The van der Waals surface area contributed by atoms with Crippen molar-refractivity contribution in [2.24, 2.45) is 0 Å². The van der Waals surface area contributed by atoms with Crippen molar-refractivity contribution in [2.75, 3.05) is 5.32 Å². The average Bonchev–Trinajstić information content (AvgIpc) is 2.54. The van der Waals surface area contributed by atoms with E-state index in [1.165, 1.54) is 30.3 Å². The fourth-order valence-electron chi connectivity index (χ4n) is 2.18. The molecule has 3 aromatic rings. The fourth-order valence-corrected chi connectivity index (χ4v) is 2.36. The molecule has 0 fully saturated rings. The van der Waals surface area contributed by atoms with Crippen molar-refractivity contribution in [3.63, 3.8) is 0 Å². The summed E-state index contributed by atoms with van der Waals surface area (Å²) in [6.07, 6.45) is 0. The molecule has 0 aliphatic heterocycles. The number of hydrogen-bond acceptors (Lipinski definition) is 5. The number of nitro benzene ring substituents is 1. The number of benzene rings is 2. The Hall–Kier alpha value is -3.19. The summed E-state index contributed by atoms with van der Waals surface area (Å²) in [6.45, 7) is 0. The largest absolute Gasteiger partial charge is 0.438 e. The van der Waals surface area contributed by atoms with Gasteiger partial charge in [-0.25, -0.2) is 0 Å². The molecule has 0 bridgehead atoms. The molecular formula is C16H10ClN3O4. The third-order valence-electron chi connectivity index (χ3n) is 3.29. The van der Waals surface area contributed by atoms with Crippen LogP contribution in [0.25, 0.3) is 11.0 Å². The van der Waals surface area contributed by atoms with Gasteiger partial charge in [-0.2, -0.15) is 0 Å². The molecule has 0 spiro atoms. The molecule has 1 aromatic heterocycles. The normalized spacial score (nSPS) is 10.5. The van der Waals surface area contributed by atoms with E-state index in [1.54, 1.807) is 18.2 Å². The lowest BCUT2D eigenvalue weighted by Crippen LogP contribution is -2.20. The summed E-state index contributed by atoms with van der Waals surface area (Å²) in [5.41, 5.74) is 0.217. The molecule has 3 rings (SSSR count). The molecule has 0 radical (unpaired) electrons. The summed E-state index contributed by atoms with van der Waals surface area (Å²) in [4.78, 5) is 22.6. The number of carbonyl (C=O) groups excluding carboxylic acids is 1. The molecule has 0 aliphatic carbocycles. The predicted octanol–water partition coefficient (Wildman–Crippen LogP) is 3.73. The Morgan fingerprint density at radius 2 is 2.00 bits per heavy atom. The van der Waals surface area contributed by atoms with Crippen LogP contribution in [0.15, 0.2) is 52.9 Å². The van der Waals surface area contributed by atoms with E-state index in [0.29, 0.717) is 16.0 Å². The van der Waals surface area contributed by atoms with Gasteiger partial charge in [-0.15, -0.1) is 0 Å². The molecule has 0 aliphatic rings. The molecule has 7 nitrogen and oxygen atoms in total. The van der Waals surface area contributed by atoms with Crippen LogP contribution >= 0.6 is 11.6 Å². The second kappa shape index (κ2) is 6.13. The molecule has 2 N–H and O–H groups in total. The van der Waals surface area contributed by atoms with Gasteiger partial charge in [0.1, 0.15) is 11.1 Å². The molecule has 120 valence electrons. The topological polar surface area (TPSA) is 109 Å². The lowest BCUT2D eigenvalue weighted by atomic mass is 10.1. The maximum Gasteiger partial charge on any atom is 0.271 e. The molecule has 0 unspecified atom stereocenters. The summed E-state index contributed by atoms with van der Waals surface area (Å²) < 4.78 is 5.31. The predicted molar refractivity (Wildman–Crippen MR) is 88.1 cm³/mol. The van der Waals surface area contributed by atoms with Crippen molar-refractivity contribution < 1.29 is 14.1 Å². The van der Waals surface area contributed by atoms with E-state index in [2.05, 4.69) is 5.32 Å². The Morgan fingerprint density at radius 3 is 2.75 bits per heavy atom. The van der Waals surface area contributed by atoms with Gasteiger partial charge in [0.25, 0.3) is 11.6 Å². The molecule has 8 heteroatoms. The first-order valence-electron chi connectivity index (χ1n) is 6.78. The first-order chi connectivity index (χ1) is 11.4. The van der Waals surface area contributed by atoms with Crippen molar-refractivity contribution in [3.05, 3.63) is 74.8 Å². The molecule has 1 amide bonds. The monoisotopic (exact) mass is 343 g/mol. The number of nitro groups is 1. The van der Waals surface area contributed by atoms with E-state index in [1.807, 2.05) is 0 Å². The van der Waals surface area contributed by atoms with Crippen molar-refractivity contribution in [2.45, 2.75) is 0 Å². The van der Waals surface area contributed by atoms with Crippen LogP contribution in [0, 0.1) is 15.5 Å². The minimum Gasteiger partial charge on any atom is -0.438 e. The van der Waals surface area contributed by atoms with E-state index < -0.39 is 10.8 Å². The van der Waals surface area contributed by atoms with E-state index in [9.17, 15) is 14.9 Å². The summed E-state index contributed by atoms with van der Waals surface area (Å²) in [5.74, 6) is -0.605. The molecular weight excluding hydrogens is 334 g/mol. The standard InChI is InChI=1S/C16H10ClN3O4/c17-10-4-5-14-9(6-10)7-13(15(18)24-14)16(21)19-11-2-1-3-12(8-11)20(22)23/h1-8,18H,(H,19,21). The Kier molecular flexibility index (Phi) is 4.01. The Labute approximate surface area is 140 Å². The van der Waals surface area contributed by atoms with Gasteiger partial charge in [-0.3, -0.25) is 20.3 Å². The van der Waals surface area contributed by atoms with Crippen LogP contribution in [0.3, 0.4) is 0 Å². The van der Waals surface area contributed by atoms with Crippen molar-refractivity contribution >= 4 is 39.9 Å². The van der Waals surface area contributed by atoms with Crippen LogP contribution in [0.1, 0.15) is 10.4 Å². The lowest BCUT2D eigenvalue weighted by molar-refractivity contribution is -0.384. The Balaban J connectivity index is 1.96. The number of nitrogens with one attached hydrogen (secondary N) is 2. The summed E-state index contributed by atoms with van der Waals surface area (Å²) in [7, 11) is 0.